The van der Waals surface area contributed by atoms with Crippen molar-refractivity contribution in [2.24, 2.45) is 0 Å². The van der Waals surface area contributed by atoms with Gasteiger partial charge in [-0.15, -0.1) is 0 Å². The zero-order chi connectivity index (χ0) is 13.4. The molecule has 1 aromatic heterocycles. The number of amides is 1. The molecule has 0 bridgehead atoms. The highest BCUT2D eigenvalue weighted by Crippen LogP contribution is 2.07. The first kappa shape index (κ1) is 17.9. The standard InChI is InChI=1S/C14H23N2O2.BrH/c1-4-5-6-7-10-16-11-8-9-13(12-16)18-14(17)15(2)3;/h8-9,11-12H,4-7,10H2,1-3H3;1H/q+1;/p-1. The SMILES string of the molecule is CCCCCC[n+]1cccc(OC(=O)N(C)C)c1.[Br-]. The Morgan fingerprint density at radius 1 is 1.32 bits per heavy atom. The average molecular weight is 331 g/mol. The van der Waals surface area contributed by atoms with Gasteiger partial charge in [0.2, 0.25) is 6.20 Å². The highest BCUT2D eigenvalue weighted by atomic mass is 79.9. The first-order valence-electron chi connectivity index (χ1n) is 6.51. The number of hydrogen-bond acceptors (Lipinski definition) is 2. The summed E-state index contributed by atoms with van der Waals surface area (Å²) in [7, 11) is 3.34. The summed E-state index contributed by atoms with van der Waals surface area (Å²) in [4.78, 5) is 12.8. The molecule has 0 atom stereocenters. The van der Waals surface area contributed by atoms with Gasteiger partial charge in [-0.1, -0.05) is 19.8 Å². The second-order valence-corrected chi connectivity index (χ2v) is 4.60. The molecule has 0 saturated carbocycles. The normalized spacial score (nSPS) is 9.63. The molecule has 1 rings (SSSR count). The number of ether oxygens (including phenoxy) is 1. The second kappa shape index (κ2) is 9.78. The molecular weight excluding hydrogens is 308 g/mol. The summed E-state index contributed by atoms with van der Waals surface area (Å²) in [6.07, 6.45) is 8.43. The van der Waals surface area contributed by atoms with E-state index in [-0.39, 0.29) is 23.1 Å². The Morgan fingerprint density at radius 3 is 2.68 bits per heavy atom. The molecule has 4 nitrogen and oxygen atoms in total. The van der Waals surface area contributed by atoms with Crippen molar-refractivity contribution in [2.75, 3.05) is 14.1 Å². The molecule has 0 N–H and O–H groups in total. The fourth-order valence-corrected chi connectivity index (χ4v) is 1.61. The number of carbonyl (C=O) groups excluding carboxylic acids is 1. The molecule has 1 heterocycles. The van der Waals surface area contributed by atoms with E-state index in [0.29, 0.717) is 5.75 Å². The predicted octanol–water partition coefficient (Wildman–Crippen LogP) is -0.381. The van der Waals surface area contributed by atoms with E-state index in [2.05, 4.69) is 11.5 Å². The fraction of sp³-hybridized carbons (Fsp3) is 0.571. The lowest BCUT2D eigenvalue weighted by Crippen LogP contribution is -3.00. The van der Waals surface area contributed by atoms with E-state index >= 15 is 0 Å². The fourth-order valence-electron chi connectivity index (χ4n) is 1.61. The minimum Gasteiger partial charge on any atom is -1.00 e. The Kier molecular flexibility index (Phi) is 9.21. The van der Waals surface area contributed by atoms with Gasteiger partial charge in [0.25, 0.3) is 0 Å². The molecule has 0 spiro atoms. The van der Waals surface area contributed by atoms with Crippen molar-refractivity contribution in [3.05, 3.63) is 24.5 Å². The van der Waals surface area contributed by atoms with Crippen LogP contribution in [0.4, 0.5) is 4.79 Å². The third-order valence-electron chi connectivity index (χ3n) is 2.67. The lowest BCUT2D eigenvalue weighted by Gasteiger charge is -2.09. The number of nitrogens with zero attached hydrogens (tertiary/aromatic N) is 2. The van der Waals surface area contributed by atoms with Gasteiger partial charge >= 0.3 is 6.09 Å². The third-order valence-corrected chi connectivity index (χ3v) is 2.67. The minimum atomic E-state index is -0.348. The topological polar surface area (TPSA) is 33.4 Å². The van der Waals surface area contributed by atoms with E-state index < -0.39 is 0 Å². The number of carbonyl (C=O) groups is 1. The minimum absolute atomic E-state index is 0. The highest BCUT2D eigenvalue weighted by molar-refractivity contribution is 5.69. The van der Waals surface area contributed by atoms with Crippen LogP contribution in [0.15, 0.2) is 24.5 Å². The second-order valence-electron chi connectivity index (χ2n) is 4.60. The number of aryl methyl sites for hydroxylation is 1. The van der Waals surface area contributed by atoms with E-state index in [1.165, 1.54) is 24.2 Å². The van der Waals surface area contributed by atoms with Gasteiger partial charge in [0.1, 0.15) is 6.54 Å². The van der Waals surface area contributed by atoms with Crippen LogP contribution in [-0.2, 0) is 6.54 Å². The van der Waals surface area contributed by atoms with Crippen LogP contribution in [0.5, 0.6) is 5.75 Å². The van der Waals surface area contributed by atoms with Gasteiger partial charge < -0.3 is 26.6 Å². The molecule has 1 aromatic rings. The van der Waals surface area contributed by atoms with Crippen molar-refractivity contribution in [2.45, 2.75) is 39.2 Å². The Labute approximate surface area is 126 Å². The maximum Gasteiger partial charge on any atom is 0.414 e. The van der Waals surface area contributed by atoms with Gasteiger partial charge in [-0.25, -0.2) is 9.36 Å². The molecule has 0 aliphatic heterocycles. The molecule has 108 valence electrons. The van der Waals surface area contributed by atoms with Gasteiger partial charge in [-0.05, 0) is 12.5 Å². The third kappa shape index (κ3) is 7.15. The van der Waals surface area contributed by atoms with E-state index in [1.54, 1.807) is 20.2 Å². The quantitative estimate of drug-likeness (QED) is 0.526. The van der Waals surface area contributed by atoms with E-state index in [1.807, 2.05) is 18.5 Å². The molecule has 0 aliphatic rings. The number of halogens is 1. The molecule has 0 saturated heterocycles. The number of hydrogen-bond donors (Lipinski definition) is 0. The van der Waals surface area contributed by atoms with E-state index in [0.717, 1.165) is 13.0 Å². The lowest BCUT2D eigenvalue weighted by molar-refractivity contribution is -0.697. The van der Waals surface area contributed by atoms with Crippen molar-refractivity contribution >= 4 is 6.09 Å². The van der Waals surface area contributed by atoms with E-state index in [4.69, 9.17) is 4.74 Å². The molecule has 19 heavy (non-hydrogen) atoms. The van der Waals surface area contributed by atoms with Gasteiger partial charge in [-0.2, -0.15) is 0 Å². The van der Waals surface area contributed by atoms with Crippen LogP contribution in [0.2, 0.25) is 0 Å². The molecule has 1 amide bonds. The zero-order valence-electron chi connectivity index (χ0n) is 11.9. The summed E-state index contributed by atoms with van der Waals surface area (Å²) in [5.41, 5.74) is 0. The lowest BCUT2D eigenvalue weighted by atomic mass is 10.2. The Hall–Kier alpha value is -1.10. The molecule has 0 aromatic carbocycles. The van der Waals surface area contributed by atoms with Crippen LogP contribution in [-0.4, -0.2) is 25.1 Å². The largest absolute Gasteiger partial charge is 1.00 e. The van der Waals surface area contributed by atoms with Gasteiger partial charge in [-0.3, -0.25) is 0 Å². The molecule has 0 fully saturated rings. The first-order valence-corrected chi connectivity index (χ1v) is 6.51. The van der Waals surface area contributed by atoms with Crippen LogP contribution in [0.1, 0.15) is 32.6 Å². The summed E-state index contributed by atoms with van der Waals surface area (Å²) in [5, 5.41) is 0. The maximum absolute atomic E-state index is 11.4. The van der Waals surface area contributed by atoms with Gasteiger partial charge in [0.15, 0.2) is 11.9 Å². The van der Waals surface area contributed by atoms with E-state index in [9.17, 15) is 4.79 Å². The van der Waals surface area contributed by atoms with Crippen molar-refractivity contribution in [3.63, 3.8) is 0 Å². The van der Waals surface area contributed by atoms with Crippen LogP contribution in [0, 0.1) is 0 Å². The first-order chi connectivity index (χ1) is 8.63. The summed E-state index contributed by atoms with van der Waals surface area (Å²) in [6, 6.07) is 3.70. The van der Waals surface area contributed by atoms with Crippen molar-refractivity contribution in [1.82, 2.24) is 4.90 Å². The zero-order valence-corrected chi connectivity index (χ0v) is 13.5. The molecule has 5 heteroatoms. The Morgan fingerprint density at radius 2 is 2.05 bits per heavy atom. The van der Waals surface area contributed by atoms with Crippen molar-refractivity contribution in [3.8, 4) is 5.75 Å². The molecule has 0 aliphatic carbocycles. The van der Waals surface area contributed by atoms with Crippen LogP contribution >= 0.6 is 0 Å². The summed E-state index contributed by atoms with van der Waals surface area (Å²) < 4.78 is 7.27. The smallest absolute Gasteiger partial charge is 0.414 e. The monoisotopic (exact) mass is 330 g/mol. The molecule has 0 unspecified atom stereocenters. The van der Waals surface area contributed by atoms with Gasteiger partial charge in [0, 0.05) is 26.6 Å². The molecule has 0 radical (unpaired) electrons. The van der Waals surface area contributed by atoms with Crippen molar-refractivity contribution in [1.29, 1.82) is 0 Å². The van der Waals surface area contributed by atoms with Crippen molar-refractivity contribution < 1.29 is 31.1 Å². The number of aromatic nitrogens is 1. The summed E-state index contributed by atoms with van der Waals surface area (Å²) in [6.45, 7) is 3.17. The summed E-state index contributed by atoms with van der Waals surface area (Å²) in [5.74, 6) is 0.590. The molecular formula is C14H23BrN2O2. The number of rotatable bonds is 6. The Balaban J connectivity index is 0.00000324. The number of pyridine rings is 1. The summed E-state index contributed by atoms with van der Waals surface area (Å²) >= 11 is 0. The average Bonchev–Trinajstić information content (AvgIpc) is 2.35. The predicted molar refractivity (Wildman–Crippen MR) is 70.5 cm³/mol. The number of unbranched alkanes of at least 4 members (excludes halogenated alkanes) is 3. The van der Waals surface area contributed by atoms with Crippen LogP contribution < -0.4 is 26.3 Å². The maximum atomic E-state index is 11.4. The van der Waals surface area contributed by atoms with Crippen LogP contribution in [0.25, 0.3) is 0 Å². The highest BCUT2D eigenvalue weighted by Gasteiger charge is 2.09. The van der Waals surface area contributed by atoms with Gasteiger partial charge in [0.05, 0.1) is 0 Å². The Bertz CT molecular complexity index is 383. The van der Waals surface area contributed by atoms with Crippen LogP contribution in [0.3, 0.4) is 0 Å².